The molecule has 21 heavy (non-hydrogen) atoms. The molecule has 4 N–H and O–H groups in total. The van der Waals surface area contributed by atoms with Crippen molar-refractivity contribution in [3.8, 4) is 5.75 Å². The summed E-state index contributed by atoms with van der Waals surface area (Å²) < 4.78 is 28.1. The van der Waals surface area contributed by atoms with Gasteiger partial charge in [-0.25, -0.2) is 13.6 Å². The van der Waals surface area contributed by atoms with E-state index in [1.807, 2.05) is 13.8 Å². The summed E-state index contributed by atoms with van der Waals surface area (Å²) in [4.78, 5) is 0.0337. The molecule has 8 heteroatoms. The summed E-state index contributed by atoms with van der Waals surface area (Å²) in [6.45, 7) is 4.33. The van der Waals surface area contributed by atoms with Crippen molar-refractivity contribution in [3.05, 3.63) is 35.2 Å². The monoisotopic (exact) mass is 310 g/mol. The molecule has 0 saturated heterocycles. The second-order valence-electron chi connectivity index (χ2n) is 4.67. The lowest BCUT2D eigenvalue weighted by Gasteiger charge is -2.12. The number of rotatable bonds is 5. The molecule has 0 aliphatic rings. The van der Waals surface area contributed by atoms with Gasteiger partial charge in [-0.05, 0) is 32.0 Å². The van der Waals surface area contributed by atoms with Crippen LogP contribution in [0.5, 0.6) is 5.75 Å². The number of ether oxygens (including phenoxy) is 1. The molecule has 0 aliphatic heterocycles. The zero-order valence-corrected chi connectivity index (χ0v) is 12.9. The highest BCUT2D eigenvalue weighted by Gasteiger charge is 2.13. The normalized spacial score (nSPS) is 11.4. The Kier molecular flexibility index (Phi) is 4.19. The first kappa shape index (κ1) is 15.3. The molecule has 0 bridgehead atoms. The van der Waals surface area contributed by atoms with E-state index >= 15 is 0 Å². The Morgan fingerprint density at radius 1 is 1.38 bits per heavy atom. The van der Waals surface area contributed by atoms with Crippen LogP contribution in [0.1, 0.15) is 17.0 Å². The minimum atomic E-state index is -3.75. The number of aryl methyl sites for hydroxylation is 2. The number of nitrogens with two attached hydrogens (primary N) is 1. The van der Waals surface area contributed by atoms with E-state index < -0.39 is 10.0 Å². The number of hydrogen-bond acceptors (Lipinski definition) is 5. The quantitative estimate of drug-likeness (QED) is 0.771. The maximum Gasteiger partial charge on any atom is 0.238 e. The third kappa shape index (κ3) is 3.34. The number of benzene rings is 1. The maximum atomic E-state index is 11.4. The van der Waals surface area contributed by atoms with Crippen LogP contribution < -0.4 is 15.2 Å². The fourth-order valence-electron chi connectivity index (χ4n) is 2.02. The molecule has 2 rings (SSSR count). The maximum absolute atomic E-state index is 11.4. The summed E-state index contributed by atoms with van der Waals surface area (Å²) >= 11 is 0. The predicted octanol–water partition coefficient (Wildman–Crippen LogP) is 1.29. The number of anilines is 1. The summed E-state index contributed by atoms with van der Waals surface area (Å²) in [5.74, 6) is 0.543. The first-order chi connectivity index (χ1) is 9.82. The highest BCUT2D eigenvalue weighted by atomic mass is 32.2. The Balaban J connectivity index is 2.30. The number of nitrogens with zero attached hydrogens (tertiary/aromatic N) is 1. The smallest absolute Gasteiger partial charge is 0.238 e. The average molecular weight is 310 g/mol. The second kappa shape index (κ2) is 5.74. The number of H-pyrrole nitrogens is 1. The first-order valence-corrected chi connectivity index (χ1v) is 7.82. The molecule has 0 fully saturated rings. The Labute approximate surface area is 123 Å². The van der Waals surface area contributed by atoms with Gasteiger partial charge in [-0.1, -0.05) is 0 Å². The summed E-state index contributed by atoms with van der Waals surface area (Å²) in [6.07, 6.45) is 0. The first-order valence-electron chi connectivity index (χ1n) is 6.28. The second-order valence-corrected chi connectivity index (χ2v) is 6.23. The molecule has 0 saturated carbocycles. The Morgan fingerprint density at radius 2 is 2.10 bits per heavy atom. The van der Waals surface area contributed by atoms with Crippen molar-refractivity contribution in [2.24, 2.45) is 5.14 Å². The van der Waals surface area contributed by atoms with Crippen molar-refractivity contribution in [1.82, 2.24) is 10.2 Å². The van der Waals surface area contributed by atoms with Gasteiger partial charge in [0.15, 0.2) is 0 Å². The molecule has 2 aromatic rings. The molecule has 0 spiro atoms. The number of methoxy groups -OCH3 is 1. The van der Waals surface area contributed by atoms with Gasteiger partial charge in [0.1, 0.15) is 5.75 Å². The summed E-state index contributed by atoms with van der Waals surface area (Å²) in [5.41, 5.74) is 3.44. The number of nitrogens with one attached hydrogen (secondary N) is 2. The van der Waals surface area contributed by atoms with Crippen LogP contribution in [0.25, 0.3) is 0 Å². The van der Waals surface area contributed by atoms with E-state index in [0.717, 1.165) is 17.0 Å². The van der Waals surface area contributed by atoms with Gasteiger partial charge < -0.3 is 10.1 Å². The van der Waals surface area contributed by atoms with E-state index in [1.54, 1.807) is 6.07 Å². The van der Waals surface area contributed by atoms with Crippen molar-refractivity contribution in [2.75, 3.05) is 12.4 Å². The summed E-state index contributed by atoms with van der Waals surface area (Å²) in [5, 5.41) is 15.3. The molecule has 1 aromatic carbocycles. The van der Waals surface area contributed by atoms with Gasteiger partial charge >= 0.3 is 0 Å². The van der Waals surface area contributed by atoms with Crippen LogP contribution in [0.4, 0.5) is 5.69 Å². The molecular weight excluding hydrogens is 292 g/mol. The SMILES string of the molecule is COc1ccc(S(N)(=O)=O)cc1NCc1c(C)n[nH]c1C. The third-order valence-corrected chi connectivity index (χ3v) is 4.15. The number of sulfonamides is 1. The Morgan fingerprint density at radius 3 is 2.62 bits per heavy atom. The number of aromatic amines is 1. The molecule has 1 heterocycles. The molecule has 1 aromatic heterocycles. The van der Waals surface area contributed by atoms with Crippen molar-refractivity contribution in [3.63, 3.8) is 0 Å². The van der Waals surface area contributed by atoms with Crippen LogP contribution in [0.3, 0.4) is 0 Å². The molecule has 0 atom stereocenters. The molecule has 0 amide bonds. The molecular formula is C13H18N4O3S. The molecule has 0 unspecified atom stereocenters. The Hall–Kier alpha value is -2.06. The summed E-state index contributed by atoms with van der Waals surface area (Å²) in [6, 6.07) is 4.43. The Bertz CT molecular complexity index is 733. The predicted molar refractivity (Wildman–Crippen MR) is 79.8 cm³/mol. The van der Waals surface area contributed by atoms with Crippen molar-refractivity contribution in [1.29, 1.82) is 0 Å². The van der Waals surface area contributed by atoms with Gasteiger partial charge in [-0.3, -0.25) is 5.10 Å². The fraction of sp³-hybridized carbons (Fsp3) is 0.308. The van der Waals surface area contributed by atoms with Crippen LogP contribution in [0.15, 0.2) is 23.1 Å². The highest BCUT2D eigenvalue weighted by molar-refractivity contribution is 7.89. The van der Waals surface area contributed by atoms with Gasteiger partial charge in [0.2, 0.25) is 10.0 Å². The van der Waals surface area contributed by atoms with Crippen LogP contribution in [0.2, 0.25) is 0 Å². The molecule has 0 aliphatic carbocycles. The van der Waals surface area contributed by atoms with E-state index in [1.165, 1.54) is 19.2 Å². The zero-order chi connectivity index (χ0) is 15.6. The van der Waals surface area contributed by atoms with Crippen molar-refractivity contribution >= 4 is 15.7 Å². The molecule has 7 nitrogen and oxygen atoms in total. The van der Waals surface area contributed by atoms with Crippen LogP contribution in [-0.4, -0.2) is 25.7 Å². The summed E-state index contributed by atoms with van der Waals surface area (Å²) in [7, 11) is -2.23. The number of aromatic nitrogens is 2. The van der Waals surface area contributed by atoms with E-state index in [9.17, 15) is 8.42 Å². The van der Waals surface area contributed by atoms with Gasteiger partial charge in [0.05, 0.1) is 23.4 Å². The van der Waals surface area contributed by atoms with Gasteiger partial charge in [0, 0.05) is 17.8 Å². The fourth-order valence-corrected chi connectivity index (χ4v) is 2.56. The van der Waals surface area contributed by atoms with E-state index in [0.29, 0.717) is 18.0 Å². The zero-order valence-electron chi connectivity index (χ0n) is 12.1. The van der Waals surface area contributed by atoms with Crippen LogP contribution >= 0.6 is 0 Å². The van der Waals surface area contributed by atoms with Crippen molar-refractivity contribution < 1.29 is 13.2 Å². The van der Waals surface area contributed by atoms with E-state index in [2.05, 4.69) is 15.5 Å². The van der Waals surface area contributed by atoms with Gasteiger partial charge in [0.25, 0.3) is 0 Å². The lowest BCUT2D eigenvalue weighted by molar-refractivity contribution is 0.416. The highest BCUT2D eigenvalue weighted by Crippen LogP contribution is 2.28. The third-order valence-electron chi connectivity index (χ3n) is 3.24. The number of primary sulfonamides is 1. The lowest BCUT2D eigenvalue weighted by atomic mass is 10.2. The minimum absolute atomic E-state index is 0.0337. The minimum Gasteiger partial charge on any atom is -0.495 e. The topological polar surface area (TPSA) is 110 Å². The lowest BCUT2D eigenvalue weighted by Crippen LogP contribution is -2.13. The van der Waals surface area contributed by atoms with Crippen LogP contribution in [0, 0.1) is 13.8 Å². The van der Waals surface area contributed by atoms with Crippen molar-refractivity contribution in [2.45, 2.75) is 25.3 Å². The molecule has 0 radical (unpaired) electrons. The average Bonchev–Trinajstić information content (AvgIpc) is 2.74. The van der Waals surface area contributed by atoms with Gasteiger partial charge in [-0.2, -0.15) is 5.10 Å². The van der Waals surface area contributed by atoms with E-state index in [-0.39, 0.29) is 4.90 Å². The van der Waals surface area contributed by atoms with Crippen LogP contribution in [-0.2, 0) is 16.6 Å². The molecule has 114 valence electrons. The standard InChI is InChI=1S/C13H18N4O3S/c1-8-11(9(2)17-16-8)7-15-12-6-10(21(14,18)19)4-5-13(12)20-3/h4-6,15H,7H2,1-3H3,(H,16,17)(H2,14,18,19). The van der Waals surface area contributed by atoms with Gasteiger partial charge in [-0.15, -0.1) is 0 Å². The van der Waals surface area contributed by atoms with E-state index in [4.69, 9.17) is 9.88 Å². The number of hydrogen-bond donors (Lipinski definition) is 3. The largest absolute Gasteiger partial charge is 0.495 e.